The molecule has 0 bridgehead atoms. The first-order valence-electron chi connectivity index (χ1n) is 5.32. The van der Waals surface area contributed by atoms with Crippen molar-refractivity contribution in [2.45, 2.75) is 18.9 Å². The lowest BCUT2D eigenvalue weighted by Gasteiger charge is -2.10. The number of hydrogen-bond donors (Lipinski definition) is 2. The van der Waals surface area contributed by atoms with Crippen LogP contribution in [0.4, 0.5) is 0 Å². The largest absolute Gasteiger partial charge is 0.504 e. The molecule has 0 spiro atoms. The number of carbonyl (C=O) groups excluding carboxylic acids is 1. The predicted octanol–water partition coefficient (Wildman–Crippen LogP) is 0.874. The summed E-state index contributed by atoms with van der Waals surface area (Å²) in [4.78, 5) is 11.5. The Bertz CT molecular complexity index is 403. The van der Waals surface area contributed by atoms with Gasteiger partial charge in [0.2, 0.25) is 0 Å². The zero-order valence-corrected chi connectivity index (χ0v) is 9.19. The topological polar surface area (TPSA) is 58.6 Å². The van der Waals surface area contributed by atoms with E-state index in [1.54, 1.807) is 12.1 Å². The second kappa shape index (κ2) is 4.53. The molecule has 16 heavy (non-hydrogen) atoms. The number of phenolic OH excluding ortho intramolecular Hbond substituents is 1. The van der Waals surface area contributed by atoms with Gasteiger partial charge in [0.1, 0.15) is 0 Å². The maximum Gasteiger partial charge on any atom is 0.160 e. The third kappa shape index (κ3) is 2.17. The van der Waals surface area contributed by atoms with E-state index in [1.807, 2.05) is 6.07 Å². The molecule has 1 unspecified atom stereocenters. The molecule has 1 saturated heterocycles. The van der Waals surface area contributed by atoms with Crippen molar-refractivity contribution in [2.75, 3.05) is 13.7 Å². The minimum Gasteiger partial charge on any atom is -0.504 e. The Balaban J connectivity index is 2.12. The maximum atomic E-state index is 11.5. The van der Waals surface area contributed by atoms with Gasteiger partial charge in [0.05, 0.1) is 13.2 Å². The summed E-state index contributed by atoms with van der Waals surface area (Å²) in [5.74, 6) is 0.826. The summed E-state index contributed by atoms with van der Waals surface area (Å²) in [5.41, 5.74) is 0.988. The number of phenols is 1. The van der Waals surface area contributed by atoms with Gasteiger partial charge in [-0.25, -0.2) is 0 Å². The second-order valence-electron chi connectivity index (χ2n) is 3.93. The Morgan fingerprint density at radius 1 is 1.56 bits per heavy atom. The van der Waals surface area contributed by atoms with Crippen molar-refractivity contribution in [3.05, 3.63) is 23.8 Å². The van der Waals surface area contributed by atoms with E-state index in [-0.39, 0.29) is 17.6 Å². The van der Waals surface area contributed by atoms with Crippen molar-refractivity contribution in [3.8, 4) is 11.5 Å². The first kappa shape index (κ1) is 11.0. The van der Waals surface area contributed by atoms with E-state index >= 15 is 0 Å². The van der Waals surface area contributed by atoms with Crippen LogP contribution in [0.5, 0.6) is 11.5 Å². The molecule has 0 aliphatic carbocycles. The van der Waals surface area contributed by atoms with Crippen molar-refractivity contribution in [1.29, 1.82) is 0 Å². The van der Waals surface area contributed by atoms with Crippen molar-refractivity contribution < 1.29 is 14.6 Å². The van der Waals surface area contributed by atoms with Gasteiger partial charge < -0.3 is 15.2 Å². The lowest BCUT2D eigenvalue weighted by atomic mass is 10.0. The molecule has 4 nitrogen and oxygen atoms in total. The fourth-order valence-electron chi connectivity index (χ4n) is 1.93. The Hall–Kier alpha value is -1.55. The molecule has 2 N–H and O–H groups in total. The molecule has 0 saturated carbocycles. The van der Waals surface area contributed by atoms with E-state index in [2.05, 4.69) is 5.32 Å². The van der Waals surface area contributed by atoms with Crippen LogP contribution in [0.2, 0.25) is 0 Å². The number of Topliss-reactive ketones (excluding diaryl/α,β-unsaturated/α-hetero) is 1. The van der Waals surface area contributed by atoms with Crippen LogP contribution in [-0.2, 0) is 11.2 Å². The number of carbonyl (C=O) groups is 1. The Morgan fingerprint density at radius 3 is 3.00 bits per heavy atom. The number of nitrogens with one attached hydrogen (secondary N) is 1. The van der Waals surface area contributed by atoms with Crippen LogP contribution in [0.15, 0.2) is 18.2 Å². The fourth-order valence-corrected chi connectivity index (χ4v) is 1.93. The van der Waals surface area contributed by atoms with Crippen LogP contribution in [-0.4, -0.2) is 30.6 Å². The second-order valence-corrected chi connectivity index (χ2v) is 3.93. The number of rotatable bonds is 3. The quantitative estimate of drug-likeness (QED) is 0.795. The molecular weight excluding hydrogens is 206 g/mol. The molecule has 1 atom stereocenters. The number of hydrogen-bond acceptors (Lipinski definition) is 4. The van der Waals surface area contributed by atoms with Crippen LogP contribution in [0.3, 0.4) is 0 Å². The zero-order chi connectivity index (χ0) is 11.5. The van der Waals surface area contributed by atoms with Crippen LogP contribution in [0.1, 0.15) is 12.0 Å². The molecular formula is C12H15NO3. The van der Waals surface area contributed by atoms with Gasteiger partial charge in [0, 0.05) is 13.0 Å². The Morgan fingerprint density at radius 2 is 2.38 bits per heavy atom. The van der Waals surface area contributed by atoms with Gasteiger partial charge in [-0.1, -0.05) is 6.07 Å². The molecule has 0 amide bonds. The third-order valence-corrected chi connectivity index (χ3v) is 2.83. The molecule has 2 rings (SSSR count). The molecule has 1 aliphatic heterocycles. The number of benzene rings is 1. The fraction of sp³-hybridized carbons (Fsp3) is 0.417. The summed E-state index contributed by atoms with van der Waals surface area (Å²) < 4.78 is 5.02. The number of ether oxygens (including phenoxy) is 1. The van der Waals surface area contributed by atoms with Crippen LogP contribution >= 0.6 is 0 Å². The predicted molar refractivity (Wildman–Crippen MR) is 59.8 cm³/mol. The van der Waals surface area contributed by atoms with Gasteiger partial charge in [-0.15, -0.1) is 0 Å². The highest BCUT2D eigenvalue weighted by Gasteiger charge is 2.23. The average Bonchev–Trinajstić information content (AvgIpc) is 2.67. The van der Waals surface area contributed by atoms with Gasteiger partial charge in [-0.3, -0.25) is 4.79 Å². The number of methoxy groups -OCH3 is 1. The van der Waals surface area contributed by atoms with Gasteiger partial charge in [0.15, 0.2) is 17.3 Å². The maximum absolute atomic E-state index is 11.5. The summed E-state index contributed by atoms with van der Waals surface area (Å²) in [7, 11) is 1.51. The van der Waals surface area contributed by atoms with Crippen molar-refractivity contribution in [1.82, 2.24) is 5.32 Å². The molecule has 4 heteroatoms. The number of aromatic hydroxyl groups is 1. The van der Waals surface area contributed by atoms with Crippen molar-refractivity contribution >= 4 is 5.78 Å². The van der Waals surface area contributed by atoms with E-state index in [0.29, 0.717) is 18.6 Å². The summed E-state index contributed by atoms with van der Waals surface area (Å²) in [6.07, 6.45) is 1.26. The molecule has 0 radical (unpaired) electrons. The van der Waals surface area contributed by atoms with Gasteiger partial charge >= 0.3 is 0 Å². The van der Waals surface area contributed by atoms with E-state index < -0.39 is 0 Å². The molecule has 1 aromatic rings. The van der Waals surface area contributed by atoms with E-state index in [0.717, 1.165) is 12.1 Å². The highest BCUT2D eigenvalue weighted by Crippen LogP contribution is 2.27. The third-order valence-electron chi connectivity index (χ3n) is 2.83. The lowest BCUT2D eigenvalue weighted by molar-refractivity contribution is -0.118. The summed E-state index contributed by atoms with van der Waals surface area (Å²) in [6.45, 7) is 0.763. The molecule has 0 aromatic heterocycles. The van der Waals surface area contributed by atoms with Crippen LogP contribution in [0, 0.1) is 0 Å². The number of ketones is 1. The highest BCUT2D eigenvalue weighted by molar-refractivity contribution is 5.86. The minimum absolute atomic E-state index is 0.0887. The smallest absolute Gasteiger partial charge is 0.160 e. The Labute approximate surface area is 94.2 Å². The monoisotopic (exact) mass is 221 g/mol. The lowest BCUT2D eigenvalue weighted by Crippen LogP contribution is -2.29. The van der Waals surface area contributed by atoms with Crippen LogP contribution in [0.25, 0.3) is 0 Å². The van der Waals surface area contributed by atoms with Gasteiger partial charge in [-0.05, 0) is 24.1 Å². The summed E-state index contributed by atoms with van der Waals surface area (Å²) >= 11 is 0. The molecule has 1 heterocycles. The van der Waals surface area contributed by atoms with Crippen LogP contribution < -0.4 is 10.1 Å². The van der Waals surface area contributed by atoms with E-state index in [4.69, 9.17) is 4.74 Å². The summed E-state index contributed by atoms with van der Waals surface area (Å²) in [5, 5.41) is 12.6. The molecule has 1 aromatic carbocycles. The average molecular weight is 221 g/mol. The van der Waals surface area contributed by atoms with Crippen molar-refractivity contribution in [3.63, 3.8) is 0 Å². The minimum atomic E-state index is -0.0887. The Kier molecular flexibility index (Phi) is 3.10. The van der Waals surface area contributed by atoms with E-state index in [1.165, 1.54) is 7.11 Å². The first-order valence-corrected chi connectivity index (χ1v) is 5.32. The van der Waals surface area contributed by atoms with E-state index in [9.17, 15) is 9.90 Å². The highest BCUT2D eigenvalue weighted by atomic mass is 16.5. The summed E-state index contributed by atoms with van der Waals surface area (Å²) in [6, 6.07) is 5.08. The standard InChI is InChI=1S/C12H15NO3/c1-16-12-7-8(2-3-11(12)15)6-9-10(14)4-5-13-9/h2-3,7,9,13,15H,4-6H2,1H3. The molecule has 86 valence electrons. The molecule has 1 fully saturated rings. The SMILES string of the molecule is COc1cc(CC2NCCC2=O)ccc1O. The van der Waals surface area contributed by atoms with Gasteiger partial charge in [-0.2, -0.15) is 0 Å². The zero-order valence-electron chi connectivity index (χ0n) is 9.19. The molecule has 1 aliphatic rings. The van der Waals surface area contributed by atoms with Gasteiger partial charge in [0.25, 0.3) is 0 Å². The first-order chi connectivity index (χ1) is 7.70. The van der Waals surface area contributed by atoms with Crippen molar-refractivity contribution in [2.24, 2.45) is 0 Å². The normalized spacial score (nSPS) is 20.1.